The second-order valence-electron chi connectivity index (χ2n) is 5.76. The van der Waals surface area contributed by atoms with E-state index in [4.69, 9.17) is 0 Å². The van der Waals surface area contributed by atoms with Crippen LogP contribution in [0.25, 0.3) is 10.2 Å². The van der Waals surface area contributed by atoms with E-state index in [1.165, 1.54) is 16.9 Å². The van der Waals surface area contributed by atoms with Crippen molar-refractivity contribution in [1.82, 2.24) is 15.3 Å². The molecule has 0 aliphatic heterocycles. The summed E-state index contributed by atoms with van der Waals surface area (Å²) in [6, 6.07) is 0. The predicted octanol–water partition coefficient (Wildman–Crippen LogP) is 2.00. The zero-order chi connectivity index (χ0) is 15.0. The topological polar surface area (TPSA) is 58.1 Å². The summed E-state index contributed by atoms with van der Waals surface area (Å²) in [7, 11) is 3.56. The number of amides is 1. The first-order chi connectivity index (χ1) is 10.1. The number of anilines is 1. The normalized spacial score (nSPS) is 17.6. The summed E-state index contributed by atoms with van der Waals surface area (Å²) < 4.78 is 0. The van der Waals surface area contributed by atoms with E-state index in [1.54, 1.807) is 24.7 Å². The fraction of sp³-hybridized carbons (Fsp3) is 0.533. The molecule has 2 heterocycles. The van der Waals surface area contributed by atoms with Crippen LogP contribution in [0.1, 0.15) is 23.8 Å². The van der Waals surface area contributed by atoms with Gasteiger partial charge < -0.3 is 10.2 Å². The first kappa shape index (κ1) is 14.3. The molecule has 0 aromatic carbocycles. The van der Waals surface area contributed by atoms with E-state index in [9.17, 15) is 4.79 Å². The molecule has 1 aliphatic rings. The molecular weight excluding hydrogens is 284 g/mol. The number of thiophene rings is 1. The van der Waals surface area contributed by atoms with Crippen LogP contribution in [-0.2, 0) is 17.6 Å². The maximum atomic E-state index is 11.6. The highest BCUT2D eigenvalue weighted by atomic mass is 32.1. The summed E-state index contributed by atoms with van der Waals surface area (Å²) >= 11 is 1.78. The number of aryl methyl sites for hydroxylation is 1. The first-order valence-electron chi connectivity index (χ1n) is 7.27. The van der Waals surface area contributed by atoms with Crippen LogP contribution in [0, 0.1) is 5.92 Å². The molecule has 1 N–H and O–H groups in total. The quantitative estimate of drug-likeness (QED) is 0.942. The van der Waals surface area contributed by atoms with Crippen molar-refractivity contribution in [2.24, 2.45) is 5.92 Å². The van der Waals surface area contributed by atoms with Crippen molar-refractivity contribution in [3.8, 4) is 0 Å². The smallest absolute Gasteiger partial charge is 0.239 e. The Morgan fingerprint density at radius 3 is 3.10 bits per heavy atom. The standard InChI is InChI=1S/C15H20N4OS/c1-9-4-5-10-11(6-9)21-15-13(10)14(17-8-18-15)19(3)7-12(20)16-2/h8-9H,4-7H2,1-3H3,(H,16,20)/t9-/m1/s1. The third-order valence-corrected chi connectivity index (χ3v) is 5.26. The monoisotopic (exact) mass is 304 g/mol. The van der Waals surface area contributed by atoms with E-state index >= 15 is 0 Å². The molecule has 0 saturated heterocycles. The number of nitrogens with one attached hydrogen (secondary N) is 1. The second-order valence-corrected chi connectivity index (χ2v) is 6.84. The molecule has 5 nitrogen and oxygen atoms in total. The van der Waals surface area contributed by atoms with Gasteiger partial charge in [0.25, 0.3) is 0 Å². The van der Waals surface area contributed by atoms with Gasteiger partial charge in [0.15, 0.2) is 0 Å². The van der Waals surface area contributed by atoms with Crippen LogP contribution in [0.5, 0.6) is 0 Å². The van der Waals surface area contributed by atoms with Crippen molar-refractivity contribution in [2.75, 3.05) is 25.5 Å². The largest absolute Gasteiger partial charge is 0.358 e. The summed E-state index contributed by atoms with van der Waals surface area (Å²) in [5, 5.41) is 3.80. The minimum absolute atomic E-state index is 0.0121. The maximum absolute atomic E-state index is 11.6. The summed E-state index contributed by atoms with van der Waals surface area (Å²) in [4.78, 5) is 24.9. The molecule has 0 saturated carbocycles. The van der Waals surface area contributed by atoms with E-state index in [0.29, 0.717) is 6.54 Å². The molecule has 3 rings (SSSR count). The molecule has 0 unspecified atom stereocenters. The Balaban J connectivity index is 2.05. The van der Waals surface area contributed by atoms with Gasteiger partial charge in [-0.15, -0.1) is 11.3 Å². The van der Waals surface area contributed by atoms with E-state index in [2.05, 4.69) is 22.2 Å². The van der Waals surface area contributed by atoms with Crippen molar-refractivity contribution in [3.05, 3.63) is 16.8 Å². The van der Waals surface area contributed by atoms with Crippen LogP contribution in [0.4, 0.5) is 5.82 Å². The number of likely N-dealkylation sites (N-methyl/N-ethyl adjacent to an activating group) is 2. The average molecular weight is 304 g/mol. The number of hydrogen-bond acceptors (Lipinski definition) is 5. The van der Waals surface area contributed by atoms with Crippen molar-refractivity contribution < 1.29 is 4.79 Å². The number of carbonyl (C=O) groups is 1. The molecule has 2 aromatic rings. The summed E-state index contributed by atoms with van der Waals surface area (Å²) in [6.07, 6.45) is 5.04. The molecule has 21 heavy (non-hydrogen) atoms. The summed E-state index contributed by atoms with van der Waals surface area (Å²) in [5.41, 5.74) is 1.40. The number of hydrogen-bond donors (Lipinski definition) is 1. The fourth-order valence-electron chi connectivity index (χ4n) is 2.92. The Morgan fingerprint density at radius 2 is 2.33 bits per heavy atom. The Kier molecular flexibility index (Phi) is 3.80. The third-order valence-electron chi connectivity index (χ3n) is 4.09. The number of nitrogens with zero attached hydrogens (tertiary/aromatic N) is 3. The Morgan fingerprint density at radius 1 is 1.52 bits per heavy atom. The first-order valence-corrected chi connectivity index (χ1v) is 8.08. The molecule has 0 bridgehead atoms. The Bertz CT molecular complexity index is 682. The number of rotatable bonds is 3. The van der Waals surface area contributed by atoms with Crippen molar-refractivity contribution in [3.63, 3.8) is 0 Å². The minimum atomic E-state index is -0.0121. The molecule has 1 amide bonds. The van der Waals surface area contributed by atoms with Gasteiger partial charge in [-0.1, -0.05) is 6.92 Å². The molecule has 2 aromatic heterocycles. The lowest BCUT2D eigenvalue weighted by Crippen LogP contribution is -2.33. The number of carbonyl (C=O) groups excluding carboxylic acids is 1. The lowest BCUT2D eigenvalue weighted by atomic mass is 9.89. The highest BCUT2D eigenvalue weighted by Gasteiger charge is 2.24. The summed E-state index contributed by atoms with van der Waals surface area (Å²) in [5.74, 6) is 1.60. The molecule has 0 spiro atoms. The number of fused-ring (bicyclic) bond motifs is 3. The van der Waals surface area contributed by atoms with Gasteiger partial charge in [-0.05, 0) is 30.7 Å². The fourth-order valence-corrected chi connectivity index (χ4v) is 4.26. The lowest BCUT2D eigenvalue weighted by Gasteiger charge is -2.21. The van der Waals surface area contributed by atoms with E-state index in [0.717, 1.165) is 34.8 Å². The van der Waals surface area contributed by atoms with Gasteiger partial charge in [0.05, 0.1) is 11.9 Å². The maximum Gasteiger partial charge on any atom is 0.239 e. The molecule has 112 valence electrons. The van der Waals surface area contributed by atoms with Crippen LogP contribution >= 0.6 is 11.3 Å². The molecule has 6 heteroatoms. The van der Waals surface area contributed by atoms with E-state index in [-0.39, 0.29) is 5.91 Å². The zero-order valence-corrected chi connectivity index (χ0v) is 13.5. The summed E-state index contributed by atoms with van der Waals surface area (Å²) in [6.45, 7) is 2.61. The SMILES string of the molecule is CNC(=O)CN(C)c1ncnc2sc3c(c12)CC[C@@H](C)C3. The Hall–Kier alpha value is -1.69. The molecule has 0 radical (unpaired) electrons. The molecule has 0 fully saturated rings. The Labute approximate surface area is 128 Å². The highest BCUT2D eigenvalue weighted by Crippen LogP contribution is 2.40. The van der Waals surface area contributed by atoms with Crippen molar-refractivity contribution in [2.45, 2.75) is 26.2 Å². The van der Waals surface area contributed by atoms with Gasteiger partial charge in [0, 0.05) is 19.0 Å². The molecule has 1 aliphatic carbocycles. The van der Waals surface area contributed by atoms with Gasteiger partial charge in [-0.25, -0.2) is 9.97 Å². The molecule has 1 atom stereocenters. The lowest BCUT2D eigenvalue weighted by molar-refractivity contribution is -0.119. The minimum Gasteiger partial charge on any atom is -0.358 e. The van der Waals surface area contributed by atoms with E-state index < -0.39 is 0 Å². The zero-order valence-electron chi connectivity index (χ0n) is 12.6. The van der Waals surface area contributed by atoms with Gasteiger partial charge in [0.2, 0.25) is 5.91 Å². The van der Waals surface area contributed by atoms with Crippen molar-refractivity contribution >= 4 is 33.3 Å². The van der Waals surface area contributed by atoms with Crippen LogP contribution < -0.4 is 10.2 Å². The van der Waals surface area contributed by atoms with Gasteiger partial charge >= 0.3 is 0 Å². The van der Waals surface area contributed by atoms with Gasteiger partial charge in [-0.3, -0.25) is 4.79 Å². The van der Waals surface area contributed by atoms with E-state index in [1.807, 2.05) is 11.9 Å². The van der Waals surface area contributed by atoms with Gasteiger partial charge in [0.1, 0.15) is 17.0 Å². The van der Waals surface area contributed by atoms with Crippen LogP contribution in [-0.4, -0.2) is 36.5 Å². The number of aromatic nitrogens is 2. The van der Waals surface area contributed by atoms with Crippen molar-refractivity contribution in [1.29, 1.82) is 0 Å². The second kappa shape index (κ2) is 5.60. The van der Waals surface area contributed by atoms with Crippen LogP contribution in [0.3, 0.4) is 0 Å². The average Bonchev–Trinajstić information content (AvgIpc) is 2.83. The predicted molar refractivity (Wildman–Crippen MR) is 85.9 cm³/mol. The molecular formula is C15H20N4OS. The third kappa shape index (κ3) is 2.60. The van der Waals surface area contributed by atoms with Crippen LogP contribution in [0.2, 0.25) is 0 Å². The van der Waals surface area contributed by atoms with Gasteiger partial charge in [-0.2, -0.15) is 0 Å². The highest BCUT2D eigenvalue weighted by molar-refractivity contribution is 7.19. The van der Waals surface area contributed by atoms with Crippen LogP contribution in [0.15, 0.2) is 6.33 Å².